The van der Waals surface area contributed by atoms with Crippen molar-refractivity contribution < 1.29 is 17.9 Å². The fraction of sp³-hybridized carbons (Fsp3) is 0.125. The van der Waals surface area contributed by atoms with Crippen LogP contribution in [0.5, 0.6) is 5.75 Å². The van der Waals surface area contributed by atoms with E-state index in [9.17, 15) is 13.2 Å². The molecular formula is C16H14F3N3OS. The van der Waals surface area contributed by atoms with E-state index in [0.29, 0.717) is 17.0 Å². The molecule has 0 aliphatic rings. The van der Waals surface area contributed by atoms with Gasteiger partial charge < -0.3 is 10.1 Å². The molecular weight excluding hydrogens is 339 g/mol. The largest absolute Gasteiger partial charge is 0.495 e. The number of hydrogen-bond acceptors (Lipinski definition) is 3. The molecule has 0 atom stereocenters. The van der Waals surface area contributed by atoms with Crippen LogP contribution in [0.15, 0.2) is 53.6 Å². The van der Waals surface area contributed by atoms with Gasteiger partial charge in [0.05, 0.1) is 24.6 Å². The van der Waals surface area contributed by atoms with Crippen molar-refractivity contribution in [1.82, 2.24) is 5.43 Å². The SMILES string of the molecule is COc1ccccc1NC(=S)NN=Cc1ccc(C(F)(F)F)cc1. The van der Waals surface area contributed by atoms with E-state index in [1.165, 1.54) is 18.3 Å². The predicted octanol–water partition coefficient (Wildman–Crippen LogP) is 4.03. The third kappa shape index (κ3) is 4.95. The van der Waals surface area contributed by atoms with Gasteiger partial charge in [-0.25, -0.2) is 0 Å². The van der Waals surface area contributed by atoms with E-state index in [1.54, 1.807) is 19.2 Å². The molecule has 2 aromatic carbocycles. The quantitative estimate of drug-likeness (QED) is 0.495. The molecule has 2 aromatic rings. The van der Waals surface area contributed by atoms with Crippen molar-refractivity contribution in [3.8, 4) is 5.75 Å². The molecule has 0 saturated heterocycles. The van der Waals surface area contributed by atoms with Gasteiger partial charge in [0.15, 0.2) is 5.11 Å². The Hall–Kier alpha value is -2.61. The van der Waals surface area contributed by atoms with Crippen molar-refractivity contribution in [2.45, 2.75) is 6.18 Å². The van der Waals surface area contributed by atoms with Gasteiger partial charge in [-0.3, -0.25) is 5.43 Å². The first-order chi connectivity index (χ1) is 11.4. The Balaban J connectivity index is 1.92. The number of thiocarbonyl (C=S) groups is 1. The smallest absolute Gasteiger partial charge is 0.416 e. The second kappa shape index (κ2) is 7.78. The fourth-order valence-electron chi connectivity index (χ4n) is 1.82. The Labute approximate surface area is 142 Å². The maximum Gasteiger partial charge on any atom is 0.416 e. The third-order valence-electron chi connectivity index (χ3n) is 2.97. The molecule has 2 N–H and O–H groups in total. The van der Waals surface area contributed by atoms with E-state index in [-0.39, 0.29) is 5.11 Å². The van der Waals surface area contributed by atoms with Crippen molar-refractivity contribution >= 4 is 29.2 Å². The number of anilines is 1. The van der Waals surface area contributed by atoms with Gasteiger partial charge in [0.1, 0.15) is 5.75 Å². The number of rotatable bonds is 4. The first-order valence-electron chi connectivity index (χ1n) is 6.80. The summed E-state index contributed by atoms with van der Waals surface area (Å²) in [5.41, 5.74) is 3.06. The van der Waals surface area contributed by atoms with E-state index < -0.39 is 11.7 Å². The maximum atomic E-state index is 12.5. The highest BCUT2D eigenvalue weighted by molar-refractivity contribution is 7.80. The molecule has 24 heavy (non-hydrogen) atoms. The van der Waals surface area contributed by atoms with Crippen LogP contribution in [-0.2, 0) is 6.18 Å². The standard InChI is InChI=1S/C16H14F3N3OS/c1-23-14-5-3-2-4-13(14)21-15(24)22-20-10-11-6-8-12(9-7-11)16(17,18)19/h2-10H,1H3,(H2,21,22,24). The summed E-state index contributed by atoms with van der Waals surface area (Å²) in [5, 5.41) is 7.02. The van der Waals surface area contributed by atoms with Crippen molar-refractivity contribution in [2.75, 3.05) is 12.4 Å². The molecule has 0 saturated carbocycles. The van der Waals surface area contributed by atoms with Gasteiger partial charge in [-0.2, -0.15) is 18.3 Å². The van der Waals surface area contributed by atoms with Crippen molar-refractivity contribution in [1.29, 1.82) is 0 Å². The van der Waals surface area contributed by atoms with Crippen LogP contribution in [0, 0.1) is 0 Å². The number of alkyl halides is 3. The van der Waals surface area contributed by atoms with Crippen molar-refractivity contribution in [2.24, 2.45) is 5.10 Å². The Kier molecular flexibility index (Phi) is 5.75. The van der Waals surface area contributed by atoms with Crippen LogP contribution in [0.3, 0.4) is 0 Å². The van der Waals surface area contributed by atoms with E-state index in [2.05, 4.69) is 15.8 Å². The van der Waals surface area contributed by atoms with Crippen LogP contribution in [0.25, 0.3) is 0 Å². The van der Waals surface area contributed by atoms with Gasteiger partial charge in [0.2, 0.25) is 0 Å². The number of hydrogen-bond donors (Lipinski definition) is 2. The summed E-state index contributed by atoms with van der Waals surface area (Å²) in [6.45, 7) is 0. The molecule has 126 valence electrons. The van der Waals surface area contributed by atoms with Crippen molar-refractivity contribution in [3.63, 3.8) is 0 Å². The van der Waals surface area contributed by atoms with Gasteiger partial charge >= 0.3 is 6.18 Å². The summed E-state index contributed by atoms with van der Waals surface area (Å²) < 4.78 is 42.6. The molecule has 4 nitrogen and oxygen atoms in total. The van der Waals surface area contributed by atoms with E-state index in [0.717, 1.165) is 12.1 Å². The van der Waals surface area contributed by atoms with E-state index >= 15 is 0 Å². The molecule has 0 heterocycles. The molecule has 0 fully saturated rings. The highest BCUT2D eigenvalue weighted by Crippen LogP contribution is 2.28. The van der Waals surface area contributed by atoms with E-state index in [1.807, 2.05) is 12.1 Å². The first kappa shape index (κ1) is 17.7. The molecule has 0 unspecified atom stereocenters. The predicted molar refractivity (Wildman–Crippen MR) is 91.4 cm³/mol. The molecule has 0 aliphatic carbocycles. The normalized spacial score (nSPS) is 11.3. The van der Waals surface area contributed by atoms with Gasteiger partial charge in [-0.15, -0.1) is 0 Å². The number of nitrogens with one attached hydrogen (secondary N) is 2. The van der Waals surface area contributed by atoms with Crippen LogP contribution >= 0.6 is 12.2 Å². The monoisotopic (exact) mass is 353 g/mol. The average molecular weight is 353 g/mol. The molecule has 8 heteroatoms. The number of halogens is 3. The maximum absolute atomic E-state index is 12.5. The zero-order chi connectivity index (χ0) is 17.6. The molecule has 0 aromatic heterocycles. The minimum Gasteiger partial charge on any atom is -0.495 e. The molecule has 0 bridgehead atoms. The number of methoxy groups -OCH3 is 1. The lowest BCUT2D eigenvalue weighted by atomic mass is 10.1. The number of ether oxygens (including phenoxy) is 1. The zero-order valence-electron chi connectivity index (χ0n) is 12.6. The third-order valence-corrected chi connectivity index (χ3v) is 3.17. The second-order valence-corrected chi connectivity index (χ2v) is 5.05. The fourth-order valence-corrected chi connectivity index (χ4v) is 1.98. The molecule has 0 spiro atoms. The summed E-state index contributed by atoms with van der Waals surface area (Å²) in [6.07, 6.45) is -2.98. The van der Waals surface area contributed by atoms with Crippen LogP contribution in [-0.4, -0.2) is 18.4 Å². The summed E-state index contributed by atoms with van der Waals surface area (Å²) in [6, 6.07) is 11.8. The lowest BCUT2D eigenvalue weighted by Crippen LogP contribution is -2.24. The highest BCUT2D eigenvalue weighted by Gasteiger charge is 2.29. The van der Waals surface area contributed by atoms with Crippen LogP contribution in [0.4, 0.5) is 18.9 Å². The minimum absolute atomic E-state index is 0.225. The summed E-state index contributed by atoms with van der Waals surface area (Å²) in [4.78, 5) is 0. The Morgan fingerprint density at radius 3 is 2.42 bits per heavy atom. The lowest BCUT2D eigenvalue weighted by molar-refractivity contribution is -0.137. The molecule has 0 aliphatic heterocycles. The Bertz CT molecular complexity index is 730. The minimum atomic E-state index is -4.35. The van der Waals surface area contributed by atoms with Crippen molar-refractivity contribution in [3.05, 3.63) is 59.7 Å². The number of para-hydroxylation sites is 2. The summed E-state index contributed by atoms with van der Waals surface area (Å²) in [5.74, 6) is 0.619. The van der Waals surface area contributed by atoms with Crippen LogP contribution in [0.2, 0.25) is 0 Å². The topological polar surface area (TPSA) is 45.6 Å². The Morgan fingerprint density at radius 1 is 1.12 bits per heavy atom. The lowest BCUT2D eigenvalue weighted by Gasteiger charge is -2.10. The summed E-state index contributed by atoms with van der Waals surface area (Å²) in [7, 11) is 1.54. The molecule has 2 rings (SSSR count). The average Bonchev–Trinajstić information content (AvgIpc) is 2.55. The number of benzene rings is 2. The van der Waals surface area contributed by atoms with Gasteiger partial charge in [-0.05, 0) is 42.0 Å². The molecule has 0 amide bonds. The second-order valence-electron chi connectivity index (χ2n) is 4.64. The van der Waals surface area contributed by atoms with E-state index in [4.69, 9.17) is 17.0 Å². The summed E-state index contributed by atoms with van der Waals surface area (Å²) >= 11 is 5.09. The zero-order valence-corrected chi connectivity index (χ0v) is 13.4. The number of nitrogens with zero attached hydrogens (tertiary/aromatic N) is 1. The van der Waals surface area contributed by atoms with Crippen LogP contribution < -0.4 is 15.5 Å². The molecule has 0 radical (unpaired) electrons. The first-order valence-corrected chi connectivity index (χ1v) is 7.21. The van der Waals surface area contributed by atoms with Gasteiger partial charge in [-0.1, -0.05) is 24.3 Å². The Morgan fingerprint density at radius 2 is 1.79 bits per heavy atom. The number of hydrazone groups is 1. The van der Waals surface area contributed by atoms with Crippen LogP contribution in [0.1, 0.15) is 11.1 Å². The van der Waals surface area contributed by atoms with Gasteiger partial charge in [0, 0.05) is 0 Å². The highest BCUT2D eigenvalue weighted by atomic mass is 32.1. The van der Waals surface area contributed by atoms with Gasteiger partial charge in [0.25, 0.3) is 0 Å².